The van der Waals surface area contributed by atoms with Crippen LogP contribution in [-0.4, -0.2) is 47.2 Å². The lowest BCUT2D eigenvalue weighted by atomic mass is 9.98. The molecule has 0 radical (unpaired) electrons. The van der Waals surface area contributed by atoms with E-state index in [9.17, 15) is 9.90 Å². The lowest BCUT2D eigenvalue weighted by molar-refractivity contribution is -0.129. The van der Waals surface area contributed by atoms with E-state index in [-0.39, 0.29) is 6.10 Å². The van der Waals surface area contributed by atoms with Crippen LogP contribution >= 0.6 is 0 Å². The normalized spacial score (nSPS) is 40.3. The van der Waals surface area contributed by atoms with Crippen molar-refractivity contribution in [3.05, 3.63) is 0 Å². The second-order valence-corrected chi connectivity index (χ2v) is 6.13. The van der Waals surface area contributed by atoms with Gasteiger partial charge in [-0.05, 0) is 38.0 Å². The number of aliphatic hydroxyl groups excluding tert-OH is 1. The van der Waals surface area contributed by atoms with Crippen LogP contribution in [0.2, 0.25) is 0 Å². The zero-order chi connectivity index (χ0) is 12.5. The number of aliphatic hydroxyl groups is 1. The Balaban J connectivity index is 1.54. The van der Waals surface area contributed by atoms with Gasteiger partial charge in [0.25, 0.3) is 0 Å². The summed E-state index contributed by atoms with van der Waals surface area (Å²) in [6, 6.07) is 0.746. The molecule has 4 atom stereocenters. The largest absolute Gasteiger partial charge is 0.393 e. The molecular formula is C14H24N2O2. The van der Waals surface area contributed by atoms with E-state index < -0.39 is 0 Å². The van der Waals surface area contributed by atoms with Crippen LogP contribution in [0, 0.1) is 5.92 Å². The molecule has 2 N–H and O–H groups in total. The number of rotatable bonds is 3. The fourth-order valence-electron chi connectivity index (χ4n) is 3.89. The molecule has 0 spiro atoms. The van der Waals surface area contributed by atoms with Crippen LogP contribution < -0.4 is 5.32 Å². The summed E-state index contributed by atoms with van der Waals surface area (Å²) in [7, 11) is 0. The van der Waals surface area contributed by atoms with Gasteiger partial charge in [-0.15, -0.1) is 0 Å². The maximum Gasteiger partial charge on any atom is 0.224 e. The fourth-order valence-corrected chi connectivity index (χ4v) is 3.89. The molecule has 0 aromatic rings. The number of piperidine rings is 1. The third-order valence-corrected chi connectivity index (χ3v) is 4.99. The van der Waals surface area contributed by atoms with Crippen molar-refractivity contribution in [3.8, 4) is 0 Å². The molecule has 0 bridgehead atoms. The van der Waals surface area contributed by atoms with Gasteiger partial charge in [0.15, 0.2) is 0 Å². The molecule has 3 fully saturated rings. The maximum absolute atomic E-state index is 11.9. The number of carbonyl (C=O) groups is 1. The predicted octanol–water partition coefficient (Wildman–Crippen LogP) is 0.890. The Morgan fingerprint density at radius 3 is 2.89 bits per heavy atom. The van der Waals surface area contributed by atoms with E-state index in [1.807, 2.05) is 0 Å². The molecule has 2 aliphatic heterocycles. The van der Waals surface area contributed by atoms with E-state index in [0.29, 0.717) is 30.3 Å². The predicted molar refractivity (Wildman–Crippen MR) is 69.1 cm³/mol. The Morgan fingerprint density at radius 2 is 2.11 bits per heavy atom. The number of hydrogen-bond donors (Lipinski definition) is 2. The summed E-state index contributed by atoms with van der Waals surface area (Å²) in [5, 5.41) is 13.4. The van der Waals surface area contributed by atoms with Gasteiger partial charge >= 0.3 is 0 Å². The van der Waals surface area contributed by atoms with Crippen molar-refractivity contribution in [1.82, 2.24) is 10.2 Å². The van der Waals surface area contributed by atoms with Crippen LogP contribution in [-0.2, 0) is 4.79 Å². The topological polar surface area (TPSA) is 52.6 Å². The lowest BCUT2D eigenvalue weighted by Crippen LogP contribution is -2.47. The second kappa shape index (κ2) is 5.17. The Kier molecular flexibility index (Phi) is 3.57. The molecular weight excluding hydrogens is 228 g/mol. The van der Waals surface area contributed by atoms with E-state index in [4.69, 9.17) is 0 Å². The second-order valence-electron chi connectivity index (χ2n) is 6.13. The molecule has 4 unspecified atom stereocenters. The van der Waals surface area contributed by atoms with Crippen LogP contribution in [0.4, 0.5) is 0 Å². The van der Waals surface area contributed by atoms with Gasteiger partial charge in [0.2, 0.25) is 5.91 Å². The van der Waals surface area contributed by atoms with Gasteiger partial charge in [0.05, 0.1) is 6.10 Å². The van der Waals surface area contributed by atoms with Crippen molar-refractivity contribution in [2.75, 3.05) is 13.1 Å². The first-order chi connectivity index (χ1) is 8.75. The Hall–Kier alpha value is -0.610. The quantitative estimate of drug-likeness (QED) is 0.784. The number of amides is 1. The summed E-state index contributed by atoms with van der Waals surface area (Å²) in [6.45, 7) is 1.83. The smallest absolute Gasteiger partial charge is 0.224 e. The van der Waals surface area contributed by atoms with Gasteiger partial charge in [-0.1, -0.05) is 6.42 Å². The summed E-state index contributed by atoms with van der Waals surface area (Å²) in [5.74, 6) is 0.724. The number of fused-ring (bicyclic) bond motifs is 1. The molecule has 102 valence electrons. The van der Waals surface area contributed by atoms with E-state index in [1.165, 1.54) is 6.42 Å². The van der Waals surface area contributed by atoms with Gasteiger partial charge < -0.3 is 15.3 Å². The zero-order valence-electron chi connectivity index (χ0n) is 11.0. The van der Waals surface area contributed by atoms with Crippen molar-refractivity contribution in [3.63, 3.8) is 0 Å². The van der Waals surface area contributed by atoms with Crippen molar-refractivity contribution in [1.29, 1.82) is 0 Å². The molecule has 0 aromatic carbocycles. The molecule has 4 heteroatoms. The molecule has 2 heterocycles. The molecule has 18 heavy (non-hydrogen) atoms. The van der Waals surface area contributed by atoms with Crippen LogP contribution in [0.1, 0.15) is 44.9 Å². The number of nitrogens with one attached hydrogen (secondary N) is 1. The van der Waals surface area contributed by atoms with Gasteiger partial charge in [-0.2, -0.15) is 0 Å². The third-order valence-electron chi connectivity index (χ3n) is 4.99. The minimum absolute atomic E-state index is 0.128. The van der Waals surface area contributed by atoms with E-state index in [1.54, 1.807) is 0 Å². The minimum Gasteiger partial charge on any atom is -0.393 e. The summed E-state index contributed by atoms with van der Waals surface area (Å²) in [5.41, 5.74) is 0. The van der Waals surface area contributed by atoms with Crippen LogP contribution in [0.25, 0.3) is 0 Å². The maximum atomic E-state index is 11.9. The van der Waals surface area contributed by atoms with Crippen molar-refractivity contribution >= 4 is 5.91 Å². The van der Waals surface area contributed by atoms with Crippen LogP contribution in [0.5, 0.6) is 0 Å². The first kappa shape index (κ1) is 12.4. The average Bonchev–Trinajstić information content (AvgIpc) is 2.92. The number of hydrogen-bond acceptors (Lipinski definition) is 3. The molecule has 0 aromatic heterocycles. The molecule has 3 rings (SSSR count). The highest BCUT2D eigenvalue weighted by atomic mass is 16.3. The molecule has 3 aliphatic rings. The lowest BCUT2D eigenvalue weighted by Gasteiger charge is -2.33. The van der Waals surface area contributed by atoms with Gasteiger partial charge in [-0.3, -0.25) is 4.79 Å². The van der Waals surface area contributed by atoms with Crippen molar-refractivity contribution in [2.45, 2.75) is 63.1 Å². The first-order valence-electron chi connectivity index (χ1n) is 7.46. The number of carbonyl (C=O) groups excluding carboxylic acids is 1. The summed E-state index contributed by atoms with van der Waals surface area (Å²) >= 11 is 0. The van der Waals surface area contributed by atoms with Crippen molar-refractivity contribution in [2.24, 2.45) is 5.92 Å². The Morgan fingerprint density at radius 1 is 1.22 bits per heavy atom. The van der Waals surface area contributed by atoms with Gasteiger partial charge in [-0.25, -0.2) is 0 Å². The highest BCUT2D eigenvalue weighted by molar-refractivity contribution is 5.80. The van der Waals surface area contributed by atoms with Gasteiger partial charge in [0, 0.05) is 31.6 Å². The van der Waals surface area contributed by atoms with E-state index in [0.717, 1.165) is 45.2 Å². The SMILES string of the molecule is O=C1CC(NCC2CCCC2O)C2CCCCN12. The molecule has 2 saturated heterocycles. The molecule has 4 nitrogen and oxygen atoms in total. The van der Waals surface area contributed by atoms with Gasteiger partial charge in [0.1, 0.15) is 0 Å². The Labute approximate surface area is 109 Å². The third kappa shape index (κ3) is 2.28. The first-order valence-corrected chi connectivity index (χ1v) is 7.46. The molecule has 1 amide bonds. The minimum atomic E-state index is -0.128. The monoisotopic (exact) mass is 252 g/mol. The van der Waals surface area contributed by atoms with Crippen molar-refractivity contribution < 1.29 is 9.90 Å². The Bertz CT molecular complexity index is 321. The standard InChI is InChI=1S/C14H24N2O2/c17-13-6-3-4-10(13)9-15-11-8-14(18)16-7-2-1-5-12(11)16/h10-13,15,17H,1-9H2. The molecule has 1 saturated carbocycles. The summed E-state index contributed by atoms with van der Waals surface area (Å²) in [4.78, 5) is 14.0. The molecule has 1 aliphatic carbocycles. The fraction of sp³-hybridized carbons (Fsp3) is 0.929. The zero-order valence-corrected chi connectivity index (χ0v) is 11.0. The van der Waals surface area contributed by atoms with E-state index >= 15 is 0 Å². The van der Waals surface area contributed by atoms with Crippen LogP contribution in [0.3, 0.4) is 0 Å². The summed E-state index contributed by atoms with van der Waals surface area (Å²) in [6.07, 6.45) is 7.32. The highest BCUT2D eigenvalue weighted by Gasteiger charge is 2.40. The number of nitrogens with zero attached hydrogens (tertiary/aromatic N) is 1. The van der Waals surface area contributed by atoms with Crippen LogP contribution in [0.15, 0.2) is 0 Å². The van der Waals surface area contributed by atoms with E-state index in [2.05, 4.69) is 10.2 Å². The summed E-state index contributed by atoms with van der Waals surface area (Å²) < 4.78 is 0. The highest BCUT2D eigenvalue weighted by Crippen LogP contribution is 2.29. The average molecular weight is 252 g/mol.